The predicted octanol–water partition coefficient (Wildman–Crippen LogP) is 2.51. The quantitative estimate of drug-likeness (QED) is 0.397. The molecule has 5 nitrogen and oxygen atoms in total. The van der Waals surface area contributed by atoms with Gasteiger partial charge in [0.2, 0.25) is 0 Å². The van der Waals surface area contributed by atoms with Crippen LogP contribution in [0.4, 0.5) is 4.39 Å². The normalized spacial score (nSPS) is 10.8. The van der Waals surface area contributed by atoms with Crippen LogP contribution >= 0.6 is 23.4 Å². The van der Waals surface area contributed by atoms with Crippen molar-refractivity contribution in [1.29, 1.82) is 0 Å². The van der Waals surface area contributed by atoms with Crippen molar-refractivity contribution in [2.24, 2.45) is 5.10 Å². The summed E-state index contributed by atoms with van der Waals surface area (Å²) in [5, 5.41) is 4.39. The molecule has 0 unspecified atom stereocenters. The number of amides is 1. The lowest BCUT2D eigenvalue weighted by Gasteiger charge is -2.00. The first-order valence-electron chi connectivity index (χ1n) is 5.82. The molecule has 0 fully saturated rings. The zero-order valence-electron chi connectivity index (χ0n) is 10.7. The third-order valence-corrected chi connectivity index (χ3v) is 3.46. The molecule has 0 saturated carbocycles. The average molecular weight is 325 g/mol. The van der Waals surface area contributed by atoms with Crippen LogP contribution in [-0.4, -0.2) is 27.8 Å². The van der Waals surface area contributed by atoms with Crippen LogP contribution in [0.25, 0.3) is 0 Å². The molecular weight excluding hydrogens is 315 g/mol. The summed E-state index contributed by atoms with van der Waals surface area (Å²) in [7, 11) is 0. The maximum absolute atomic E-state index is 13.4. The minimum Gasteiger partial charge on any atom is -0.272 e. The Hall–Kier alpha value is -1.99. The summed E-state index contributed by atoms with van der Waals surface area (Å²) < 4.78 is 13.4. The number of hydrogen-bond donors (Lipinski definition) is 1. The molecule has 0 aliphatic heterocycles. The summed E-state index contributed by atoms with van der Waals surface area (Å²) in [4.78, 5) is 19.5. The number of carbonyl (C=O) groups is 1. The Balaban J connectivity index is 1.85. The number of carbonyl (C=O) groups excluding carboxylic acids is 1. The molecule has 1 N–H and O–H groups in total. The number of hydrazone groups is 1. The van der Waals surface area contributed by atoms with Gasteiger partial charge in [-0.25, -0.2) is 19.8 Å². The van der Waals surface area contributed by atoms with Gasteiger partial charge in [-0.1, -0.05) is 29.4 Å². The van der Waals surface area contributed by atoms with Crippen molar-refractivity contribution in [3.05, 3.63) is 53.1 Å². The standard InChI is InChI=1S/C13H10ClFN4OS/c14-10-3-1-4-11(15)9(10)7-18-19-12(20)8-21-13-16-5-2-6-17-13/h1-7H,8H2,(H,19,20). The number of aromatic nitrogens is 2. The minimum atomic E-state index is -0.507. The van der Waals surface area contributed by atoms with Gasteiger partial charge in [0.1, 0.15) is 5.82 Å². The van der Waals surface area contributed by atoms with Crippen LogP contribution < -0.4 is 5.43 Å². The lowest BCUT2D eigenvalue weighted by Crippen LogP contribution is -2.19. The van der Waals surface area contributed by atoms with E-state index in [4.69, 9.17) is 11.6 Å². The van der Waals surface area contributed by atoms with E-state index in [1.165, 1.54) is 36.2 Å². The Morgan fingerprint density at radius 2 is 2.14 bits per heavy atom. The van der Waals surface area contributed by atoms with Crippen molar-refractivity contribution in [1.82, 2.24) is 15.4 Å². The van der Waals surface area contributed by atoms with Gasteiger partial charge in [0.15, 0.2) is 5.16 Å². The Morgan fingerprint density at radius 1 is 1.38 bits per heavy atom. The van der Waals surface area contributed by atoms with Crippen molar-refractivity contribution in [2.75, 3.05) is 5.75 Å². The number of thioether (sulfide) groups is 1. The van der Waals surface area contributed by atoms with Crippen LogP contribution in [-0.2, 0) is 4.79 Å². The topological polar surface area (TPSA) is 67.2 Å². The molecule has 21 heavy (non-hydrogen) atoms. The van der Waals surface area contributed by atoms with E-state index in [1.807, 2.05) is 0 Å². The van der Waals surface area contributed by atoms with Gasteiger partial charge in [-0.15, -0.1) is 0 Å². The second-order valence-corrected chi connectivity index (χ2v) is 5.10. The molecule has 8 heteroatoms. The summed E-state index contributed by atoms with van der Waals surface area (Å²) in [6.45, 7) is 0. The monoisotopic (exact) mass is 324 g/mol. The molecule has 2 rings (SSSR count). The molecule has 0 bridgehead atoms. The molecule has 2 aromatic rings. The number of nitrogens with one attached hydrogen (secondary N) is 1. The lowest BCUT2D eigenvalue weighted by atomic mass is 10.2. The number of hydrogen-bond acceptors (Lipinski definition) is 5. The maximum atomic E-state index is 13.4. The van der Waals surface area contributed by atoms with Gasteiger partial charge >= 0.3 is 0 Å². The van der Waals surface area contributed by atoms with Crippen molar-refractivity contribution < 1.29 is 9.18 Å². The molecule has 0 aliphatic carbocycles. The van der Waals surface area contributed by atoms with Gasteiger partial charge in [-0.3, -0.25) is 4.79 Å². The highest BCUT2D eigenvalue weighted by molar-refractivity contribution is 7.99. The maximum Gasteiger partial charge on any atom is 0.250 e. The van der Waals surface area contributed by atoms with Crippen LogP contribution in [0, 0.1) is 5.82 Å². The Bertz CT molecular complexity index is 634. The Morgan fingerprint density at radius 3 is 2.86 bits per heavy atom. The van der Waals surface area contributed by atoms with Crippen LogP contribution in [0.3, 0.4) is 0 Å². The first-order valence-corrected chi connectivity index (χ1v) is 7.19. The van der Waals surface area contributed by atoms with E-state index in [9.17, 15) is 9.18 Å². The van der Waals surface area contributed by atoms with Gasteiger partial charge in [0.25, 0.3) is 5.91 Å². The Kier molecular flexibility index (Phi) is 5.65. The highest BCUT2D eigenvalue weighted by atomic mass is 35.5. The first kappa shape index (κ1) is 15.4. The SMILES string of the molecule is O=C(CSc1ncccn1)NN=Cc1c(F)cccc1Cl. The molecule has 108 valence electrons. The zero-order chi connectivity index (χ0) is 15.1. The van der Waals surface area contributed by atoms with Crippen molar-refractivity contribution in [2.45, 2.75) is 5.16 Å². The number of halogens is 2. The molecule has 1 amide bonds. The van der Waals surface area contributed by atoms with E-state index < -0.39 is 5.82 Å². The van der Waals surface area contributed by atoms with Crippen LogP contribution in [0.5, 0.6) is 0 Å². The smallest absolute Gasteiger partial charge is 0.250 e. The van der Waals surface area contributed by atoms with E-state index in [1.54, 1.807) is 18.5 Å². The molecule has 0 radical (unpaired) electrons. The van der Waals surface area contributed by atoms with E-state index in [0.717, 1.165) is 0 Å². The predicted molar refractivity (Wildman–Crippen MR) is 79.9 cm³/mol. The molecule has 0 atom stereocenters. The number of nitrogens with zero attached hydrogens (tertiary/aromatic N) is 3. The van der Waals surface area contributed by atoms with E-state index >= 15 is 0 Å². The zero-order valence-corrected chi connectivity index (χ0v) is 12.2. The van der Waals surface area contributed by atoms with Gasteiger partial charge in [-0.2, -0.15) is 5.10 Å². The van der Waals surface area contributed by atoms with Gasteiger partial charge in [0, 0.05) is 18.0 Å². The van der Waals surface area contributed by atoms with Crippen molar-refractivity contribution in [3.63, 3.8) is 0 Å². The molecular formula is C13H10ClFN4OS. The van der Waals surface area contributed by atoms with Crippen LogP contribution in [0.1, 0.15) is 5.56 Å². The minimum absolute atomic E-state index is 0.104. The molecule has 1 heterocycles. The van der Waals surface area contributed by atoms with Crippen LogP contribution in [0.2, 0.25) is 5.02 Å². The summed E-state index contributed by atoms with van der Waals surface area (Å²) in [5.41, 5.74) is 2.41. The molecule has 0 saturated heterocycles. The van der Waals surface area contributed by atoms with E-state index in [0.29, 0.717) is 5.16 Å². The second kappa shape index (κ2) is 7.70. The summed E-state index contributed by atoms with van der Waals surface area (Å²) in [6.07, 6.45) is 4.34. The van der Waals surface area contributed by atoms with E-state index in [-0.39, 0.29) is 22.2 Å². The Labute approximate surface area is 129 Å². The number of benzene rings is 1. The fourth-order valence-corrected chi connectivity index (χ4v) is 2.13. The summed E-state index contributed by atoms with van der Waals surface area (Å²) in [5.74, 6) is -0.754. The van der Waals surface area contributed by atoms with Gasteiger partial charge in [0.05, 0.1) is 17.0 Å². The number of rotatable bonds is 5. The largest absolute Gasteiger partial charge is 0.272 e. The lowest BCUT2D eigenvalue weighted by molar-refractivity contribution is -0.118. The second-order valence-electron chi connectivity index (χ2n) is 3.75. The first-order chi connectivity index (χ1) is 10.2. The van der Waals surface area contributed by atoms with Crippen LogP contribution in [0.15, 0.2) is 46.9 Å². The molecule has 1 aromatic heterocycles. The van der Waals surface area contributed by atoms with Gasteiger partial charge < -0.3 is 0 Å². The average Bonchev–Trinajstić information content (AvgIpc) is 2.49. The van der Waals surface area contributed by atoms with Gasteiger partial charge in [-0.05, 0) is 18.2 Å². The third-order valence-electron chi connectivity index (χ3n) is 2.26. The molecule has 0 aliphatic rings. The molecule has 0 spiro atoms. The third kappa shape index (κ3) is 4.80. The van der Waals surface area contributed by atoms with E-state index in [2.05, 4.69) is 20.5 Å². The molecule has 1 aromatic carbocycles. The van der Waals surface area contributed by atoms with Crippen molar-refractivity contribution in [3.8, 4) is 0 Å². The summed E-state index contributed by atoms with van der Waals surface area (Å²) in [6, 6.07) is 5.98. The highest BCUT2D eigenvalue weighted by Crippen LogP contribution is 2.16. The highest BCUT2D eigenvalue weighted by Gasteiger charge is 2.05. The summed E-state index contributed by atoms with van der Waals surface area (Å²) >= 11 is 6.99. The fourth-order valence-electron chi connectivity index (χ4n) is 1.33. The fraction of sp³-hybridized carbons (Fsp3) is 0.0769. The van der Waals surface area contributed by atoms with Crippen molar-refractivity contribution >= 4 is 35.5 Å².